The molecule has 0 saturated heterocycles. The molecule has 25 heavy (non-hydrogen) atoms. The lowest BCUT2D eigenvalue weighted by molar-refractivity contribution is -0.0813. The van der Waals surface area contributed by atoms with Gasteiger partial charge in [0.15, 0.2) is 35.3 Å². The molecule has 0 radical (unpaired) electrons. The highest BCUT2D eigenvalue weighted by Crippen LogP contribution is 2.62. The molecule has 0 bridgehead atoms. The van der Waals surface area contributed by atoms with E-state index in [9.17, 15) is 39.5 Å². The van der Waals surface area contributed by atoms with Crippen LogP contribution in [0.4, 0.5) is 39.5 Å². The van der Waals surface area contributed by atoms with Gasteiger partial charge in [0, 0.05) is 0 Å². The van der Waals surface area contributed by atoms with E-state index in [1.807, 2.05) is 0 Å². The summed E-state index contributed by atoms with van der Waals surface area (Å²) in [6.07, 6.45) is -8.72. The Morgan fingerprint density at radius 1 is 0.560 bits per heavy atom. The molecule has 0 spiro atoms. The van der Waals surface area contributed by atoms with Crippen molar-refractivity contribution in [3.8, 4) is 0 Å². The van der Waals surface area contributed by atoms with Crippen molar-refractivity contribution in [2.45, 2.75) is 73.9 Å². The Kier molecular flexibility index (Phi) is 3.50. The van der Waals surface area contributed by atoms with Crippen molar-refractivity contribution in [2.75, 3.05) is 0 Å². The number of alkyl halides is 9. The van der Waals surface area contributed by atoms with Gasteiger partial charge >= 0.3 is 25.1 Å². The molecule has 6 unspecified atom stereocenters. The van der Waals surface area contributed by atoms with Crippen molar-refractivity contribution < 1.29 is 53.5 Å². The summed E-state index contributed by atoms with van der Waals surface area (Å²) in [5.74, 6) is -12.2. The molecular weight excluding hydrogens is 374 g/mol. The zero-order valence-electron chi connectivity index (χ0n) is 12.9. The molecule has 6 atom stereocenters. The van der Waals surface area contributed by atoms with Crippen LogP contribution < -0.4 is 0 Å². The van der Waals surface area contributed by atoms with E-state index < -0.39 is 60.4 Å². The summed E-state index contributed by atoms with van der Waals surface area (Å²) in [6.45, 7) is 1.54. The van der Waals surface area contributed by atoms with E-state index in [1.165, 1.54) is 0 Å². The monoisotopic (exact) mass is 386 g/mol. The van der Waals surface area contributed by atoms with Gasteiger partial charge in [-0.25, -0.2) is 13.2 Å². The molecular formula is C12H12BF9O3. The number of rotatable bonds is 6. The number of hydrogen-bond donors (Lipinski definition) is 0. The minimum Gasteiger partial charge on any atom is -0.371 e. The first-order valence-electron chi connectivity index (χ1n) is 7.09. The van der Waals surface area contributed by atoms with Crippen LogP contribution in [-0.2, 0) is 14.0 Å². The Bertz CT molecular complexity index is 526. The van der Waals surface area contributed by atoms with Gasteiger partial charge in [0.05, 0.1) is 0 Å². The Balaban J connectivity index is 1.79. The molecule has 3 nitrogen and oxygen atoms in total. The van der Waals surface area contributed by atoms with Gasteiger partial charge in [0.25, 0.3) is 0 Å². The normalized spacial score (nSPS) is 51.1. The molecule has 3 aliphatic rings. The van der Waals surface area contributed by atoms with Crippen LogP contribution in [0.15, 0.2) is 0 Å². The first-order chi connectivity index (χ1) is 11.0. The van der Waals surface area contributed by atoms with Crippen molar-refractivity contribution in [2.24, 2.45) is 0 Å². The van der Waals surface area contributed by atoms with Crippen LogP contribution in [0.1, 0.15) is 20.8 Å². The summed E-state index contributed by atoms with van der Waals surface area (Å²) < 4.78 is 132. The van der Waals surface area contributed by atoms with Gasteiger partial charge in [0.1, 0.15) is 0 Å². The molecule has 3 fully saturated rings. The van der Waals surface area contributed by atoms with Crippen molar-refractivity contribution in [3.05, 3.63) is 0 Å². The van der Waals surface area contributed by atoms with Gasteiger partial charge < -0.3 is 14.0 Å². The van der Waals surface area contributed by atoms with Crippen LogP contribution in [-0.4, -0.2) is 60.4 Å². The van der Waals surface area contributed by atoms with Crippen LogP contribution in [0.2, 0.25) is 0 Å². The highest BCUT2D eigenvalue weighted by Gasteiger charge is 2.87. The Labute approximate surface area is 135 Å². The molecule has 0 aromatic heterocycles. The molecule has 0 heterocycles. The van der Waals surface area contributed by atoms with E-state index in [1.54, 1.807) is 0 Å². The van der Waals surface area contributed by atoms with Gasteiger partial charge in [-0.3, -0.25) is 0 Å². The molecule has 0 amide bonds. The third kappa shape index (κ3) is 2.08. The zero-order chi connectivity index (χ0) is 19.4. The third-order valence-electron chi connectivity index (χ3n) is 5.16. The van der Waals surface area contributed by atoms with Crippen LogP contribution in [0.5, 0.6) is 0 Å². The maximum Gasteiger partial charge on any atom is 0.641 e. The molecule has 0 aromatic carbocycles. The van der Waals surface area contributed by atoms with E-state index >= 15 is 0 Å². The topological polar surface area (TPSA) is 27.7 Å². The largest absolute Gasteiger partial charge is 0.641 e. The summed E-state index contributed by atoms with van der Waals surface area (Å²) in [4.78, 5) is 0. The third-order valence-corrected chi connectivity index (χ3v) is 5.16. The molecule has 3 saturated carbocycles. The predicted octanol–water partition coefficient (Wildman–Crippen LogP) is 3.26. The van der Waals surface area contributed by atoms with Crippen molar-refractivity contribution >= 4 is 7.32 Å². The van der Waals surface area contributed by atoms with Crippen LogP contribution >= 0.6 is 0 Å². The summed E-state index contributed by atoms with van der Waals surface area (Å²) in [5.41, 5.74) is -8.80. The SMILES string of the molecule is CC1(OB(OC2(C)C(F)C2(F)F)OC2(C)C(F)C2(F)F)C(F)C1(F)F. The van der Waals surface area contributed by atoms with E-state index in [4.69, 9.17) is 0 Å². The molecule has 13 heteroatoms. The van der Waals surface area contributed by atoms with Gasteiger partial charge in [0.2, 0.25) is 0 Å². The van der Waals surface area contributed by atoms with Gasteiger partial charge in [-0.15, -0.1) is 0 Å². The van der Waals surface area contributed by atoms with E-state index in [2.05, 4.69) is 14.0 Å². The van der Waals surface area contributed by atoms with Crippen LogP contribution in [0.25, 0.3) is 0 Å². The average Bonchev–Trinajstić information content (AvgIpc) is 3.17. The quantitative estimate of drug-likeness (QED) is 0.518. The molecule has 3 aliphatic carbocycles. The second-order valence-electron chi connectivity index (χ2n) is 6.92. The minimum atomic E-state index is -4.08. The smallest absolute Gasteiger partial charge is 0.371 e. The maximum absolute atomic E-state index is 13.2. The first kappa shape index (κ1) is 19.1. The molecule has 0 N–H and O–H groups in total. The van der Waals surface area contributed by atoms with Gasteiger partial charge in [-0.05, 0) is 20.8 Å². The second-order valence-corrected chi connectivity index (χ2v) is 6.92. The molecule has 144 valence electrons. The van der Waals surface area contributed by atoms with Crippen LogP contribution in [0.3, 0.4) is 0 Å². The summed E-state index contributed by atoms with van der Waals surface area (Å²) in [7, 11) is -2.77. The van der Waals surface area contributed by atoms with Crippen LogP contribution in [0, 0.1) is 0 Å². The Hall–Kier alpha value is -0.685. The standard InChI is InChI=1S/C12H12BF9O3/c1-7(4(14)10(7,17)18)23-13(24-8(2)5(15)11(8,19)20)25-9(3)6(16)12(9,21)22/h4-6H,1-3H3. The maximum atomic E-state index is 13.2. The predicted molar refractivity (Wildman–Crippen MR) is 63.8 cm³/mol. The second kappa shape index (κ2) is 4.59. The highest BCUT2D eigenvalue weighted by molar-refractivity contribution is 6.37. The fraction of sp³-hybridized carbons (Fsp3) is 1.00. The van der Waals surface area contributed by atoms with Crippen molar-refractivity contribution in [1.29, 1.82) is 0 Å². The molecule has 0 aromatic rings. The highest BCUT2D eigenvalue weighted by atomic mass is 19.3. The lowest BCUT2D eigenvalue weighted by Crippen LogP contribution is -2.44. The van der Waals surface area contributed by atoms with E-state index in [-0.39, 0.29) is 0 Å². The Morgan fingerprint density at radius 2 is 0.720 bits per heavy atom. The van der Waals surface area contributed by atoms with Crippen molar-refractivity contribution in [1.82, 2.24) is 0 Å². The van der Waals surface area contributed by atoms with E-state index in [0.717, 1.165) is 0 Å². The van der Waals surface area contributed by atoms with Gasteiger partial charge in [-0.1, -0.05) is 0 Å². The minimum absolute atomic E-state index is 0.512. The summed E-state index contributed by atoms with van der Waals surface area (Å²) in [5, 5.41) is 0. The zero-order valence-corrected chi connectivity index (χ0v) is 12.9. The Morgan fingerprint density at radius 3 is 0.840 bits per heavy atom. The molecule has 0 aliphatic heterocycles. The number of hydrogen-bond acceptors (Lipinski definition) is 3. The lowest BCUT2D eigenvalue weighted by atomic mass is 10.1. The summed E-state index contributed by atoms with van der Waals surface area (Å²) in [6, 6.07) is 0. The number of halogens is 9. The fourth-order valence-corrected chi connectivity index (χ4v) is 2.46. The summed E-state index contributed by atoms with van der Waals surface area (Å²) >= 11 is 0. The lowest BCUT2D eigenvalue weighted by Gasteiger charge is -2.24. The van der Waals surface area contributed by atoms with Crippen molar-refractivity contribution in [3.63, 3.8) is 0 Å². The molecule has 3 rings (SSSR count). The van der Waals surface area contributed by atoms with E-state index in [0.29, 0.717) is 20.8 Å². The average molecular weight is 386 g/mol. The fourth-order valence-electron chi connectivity index (χ4n) is 2.46. The van der Waals surface area contributed by atoms with Gasteiger partial charge in [-0.2, -0.15) is 26.3 Å². The first-order valence-corrected chi connectivity index (χ1v) is 7.09.